The van der Waals surface area contributed by atoms with Crippen molar-refractivity contribution >= 4 is 16.9 Å². The van der Waals surface area contributed by atoms with E-state index in [9.17, 15) is 9.90 Å². The molecule has 1 N–H and O–H groups in total. The number of nitrogens with zero attached hydrogens (tertiary/aromatic N) is 4. The number of aromatic nitrogens is 3. The number of aliphatic hydroxyl groups is 1. The largest absolute Gasteiger partial charge is 0.391 e. The number of hydrogen-bond acceptors (Lipinski definition) is 4. The van der Waals surface area contributed by atoms with Crippen molar-refractivity contribution < 1.29 is 9.90 Å². The molecule has 27 heavy (non-hydrogen) atoms. The molecule has 5 rings (SSSR count). The lowest BCUT2D eigenvalue weighted by Crippen LogP contribution is -2.36. The van der Waals surface area contributed by atoms with Gasteiger partial charge in [-0.25, -0.2) is 4.98 Å². The summed E-state index contributed by atoms with van der Waals surface area (Å²) < 4.78 is 2.11. The van der Waals surface area contributed by atoms with Crippen LogP contribution in [0.5, 0.6) is 0 Å². The van der Waals surface area contributed by atoms with Crippen molar-refractivity contribution in [3.8, 4) is 0 Å². The van der Waals surface area contributed by atoms with E-state index in [0.717, 1.165) is 37.0 Å². The number of carbonyl (C=O) groups is 1. The third-order valence-electron chi connectivity index (χ3n) is 6.16. The summed E-state index contributed by atoms with van der Waals surface area (Å²) in [5.41, 5.74) is 2.69. The fourth-order valence-corrected chi connectivity index (χ4v) is 4.79. The Morgan fingerprint density at radius 2 is 1.78 bits per heavy atom. The number of rotatable bonds is 2. The molecule has 6 nitrogen and oxygen atoms in total. The molecule has 1 aliphatic carbocycles. The zero-order valence-electron chi connectivity index (χ0n) is 15.0. The summed E-state index contributed by atoms with van der Waals surface area (Å²) in [5.74, 6) is 0.827. The van der Waals surface area contributed by atoms with Crippen molar-refractivity contribution in [3.63, 3.8) is 0 Å². The summed E-state index contributed by atoms with van der Waals surface area (Å²) in [6.07, 6.45) is 6.32. The maximum atomic E-state index is 12.8. The van der Waals surface area contributed by atoms with E-state index < -0.39 is 6.10 Å². The molecule has 1 saturated carbocycles. The van der Waals surface area contributed by atoms with Gasteiger partial charge in [-0.2, -0.15) is 0 Å². The molecule has 3 heterocycles. The number of aliphatic hydroxyl groups excluding tert-OH is 1. The van der Waals surface area contributed by atoms with Gasteiger partial charge in [-0.3, -0.25) is 9.78 Å². The molecular formula is C21H22N4O2. The Morgan fingerprint density at radius 1 is 1.04 bits per heavy atom. The lowest BCUT2D eigenvalue weighted by atomic mass is 9.77. The van der Waals surface area contributed by atoms with E-state index in [0.29, 0.717) is 17.4 Å². The number of hydrogen-bond donors (Lipinski definition) is 1. The molecule has 1 aromatic carbocycles. The second-order valence-corrected chi connectivity index (χ2v) is 7.71. The van der Waals surface area contributed by atoms with Crippen LogP contribution in [0.25, 0.3) is 11.0 Å². The fraction of sp³-hybridized carbons (Fsp3) is 0.381. The van der Waals surface area contributed by atoms with Gasteiger partial charge in [0.1, 0.15) is 0 Å². The van der Waals surface area contributed by atoms with Gasteiger partial charge in [0.2, 0.25) is 0 Å². The van der Waals surface area contributed by atoms with Crippen molar-refractivity contribution in [2.75, 3.05) is 13.1 Å². The van der Waals surface area contributed by atoms with Crippen LogP contribution in [0.15, 0.2) is 55.1 Å². The Kier molecular flexibility index (Phi) is 3.93. The van der Waals surface area contributed by atoms with Crippen molar-refractivity contribution in [1.29, 1.82) is 0 Å². The molecule has 1 saturated heterocycles. The molecule has 0 spiro atoms. The van der Waals surface area contributed by atoms with Crippen LogP contribution in [0.4, 0.5) is 0 Å². The van der Waals surface area contributed by atoms with E-state index in [2.05, 4.69) is 20.6 Å². The summed E-state index contributed by atoms with van der Waals surface area (Å²) in [4.78, 5) is 23.2. The number of amides is 1. The molecule has 0 unspecified atom stereocenters. The maximum Gasteiger partial charge on any atom is 0.253 e. The van der Waals surface area contributed by atoms with Crippen LogP contribution in [0.1, 0.15) is 29.2 Å². The quantitative estimate of drug-likeness (QED) is 0.760. The first-order valence-electron chi connectivity index (χ1n) is 9.49. The van der Waals surface area contributed by atoms with Gasteiger partial charge in [-0.15, -0.1) is 0 Å². The van der Waals surface area contributed by atoms with E-state index in [4.69, 9.17) is 0 Å². The lowest BCUT2D eigenvalue weighted by Gasteiger charge is -2.36. The number of pyridine rings is 1. The standard InChI is InChI=1S/C21H22N4O2/c26-20-10-16-12-24(21(27)14-5-7-22-8-6-14)11-15(16)9-19(20)25-13-23-17-3-1-2-4-18(17)25/h1-8,13,15-16,19-20,26H,9-12H2/t15-,16+,19-,20-/m1/s1. The van der Waals surface area contributed by atoms with Gasteiger partial charge in [-0.1, -0.05) is 12.1 Å². The Bertz CT molecular complexity index is 970. The van der Waals surface area contributed by atoms with Crippen LogP contribution in [0.3, 0.4) is 0 Å². The van der Waals surface area contributed by atoms with Crippen LogP contribution in [-0.2, 0) is 0 Å². The second kappa shape index (κ2) is 6.46. The SMILES string of the molecule is O=C(c1ccncc1)N1C[C@H]2C[C@@H](n3cnc4ccccc43)[C@H](O)C[C@H]2C1. The maximum absolute atomic E-state index is 12.8. The first-order valence-corrected chi connectivity index (χ1v) is 9.49. The predicted molar refractivity (Wildman–Crippen MR) is 101 cm³/mol. The minimum Gasteiger partial charge on any atom is -0.391 e. The summed E-state index contributed by atoms with van der Waals surface area (Å²) in [6.45, 7) is 1.47. The Hall–Kier alpha value is -2.73. The molecular weight excluding hydrogens is 340 g/mol. The highest BCUT2D eigenvalue weighted by molar-refractivity contribution is 5.94. The Balaban J connectivity index is 1.37. The summed E-state index contributed by atoms with van der Waals surface area (Å²) in [5, 5.41) is 10.8. The molecule has 0 radical (unpaired) electrons. The number of likely N-dealkylation sites (tertiary alicyclic amines) is 1. The Morgan fingerprint density at radius 3 is 2.59 bits per heavy atom. The average molecular weight is 362 g/mol. The van der Waals surface area contributed by atoms with Gasteiger partial charge in [0.15, 0.2) is 0 Å². The molecule has 2 fully saturated rings. The summed E-state index contributed by atoms with van der Waals surface area (Å²) in [7, 11) is 0. The number of para-hydroxylation sites is 2. The highest BCUT2D eigenvalue weighted by Crippen LogP contribution is 2.42. The minimum atomic E-state index is -0.417. The van der Waals surface area contributed by atoms with E-state index in [1.54, 1.807) is 24.5 Å². The summed E-state index contributed by atoms with van der Waals surface area (Å²) >= 11 is 0. The Labute approximate surface area is 157 Å². The fourth-order valence-electron chi connectivity index (χ4n) is 4.79. The first-order chi connectivity index (χ1) is 13.2. The molecule has 1 amide bonds. The van der Waals surface area contributed by atoms with Crippen LogP contribution >= 0.6 is 0 Å². The molecule has 6 heteroatoms. The minimum absolute atomic E-state index is 0.00891. The highest BCUT2D eigenvalue weighted by Gasteiger charge is 2.43. The van der Waals surface area contributed by atoms with E-state index in [1.807, 2.05) is 29.4 Å². The van der Waals surface area contributed by atoms with Crippen molar-refractivity contribution in [1.82, 2.24) is 19.4 Å². The van der Waals surface area contributed by atoms with Crippen molar-refractivity contribution in [3.05, 3.63) is 60.7 Å². The molecule has 2 aliphatic rings. The first kappa shape index (κ1) is 16.4. The molecule has 1 aliphatic heterocycles. The number of benzene rings is 1. The van der Waals surface area contributed by atoms with E-state index >= 15 is 0 Å². The van der Waals surface area contributed by atoms with Crippen LogP contribution in [0, 0.1) is 11.8 Å². The van der Waals surface area contributed by atoms with Gasteiger partial charge < -0.3 is 14.6 Å². The normalized spacial score (nSPS) is 27.7. The van der Waals surface area contributed by atoms with Crippen LogP contribution < -0.4 is 0 Å². The van der Waals surface area contributed by atoms with Gasteiger partial charge in [-0.05, 0) is 48.9 Å². The van der Waals surface area contributed by atoms with Gasteiger partial charge in [0, 0.05) is 31.0 Å². The van der Waals surface area contributed by atoms with Gasteiger partial charge >= 0.3 is 0 Å². The zero-order chi connectivity index (χ0) is 18.4. The van der Waals surface area contributed by atoms with Crippen LogP contribution in [-0.4, -0.2) is 49.6 Å². The van der Waals surface area contributed by atoms with Crippen molar-refractivity contribution in [2.24, 2.45) is 11.8 Å². The van der Waals surface area contributed by atoms with Crippen molar-refractivity contribution in [2.45, 2.75) is 25.0 Å². The molecule has 138 valence electrons. The zero-order valence-corrected chi connectivity index (χ0v) is 15.0. The molecule has 4 atom stereocenters. The highest BCUT2D eigenvalue weighted by atomic mass is 16.3. The van der Waals surface area contributed by atoms with Gasteiger partial charge in [0.25, 0.3) is 5.91 Å². The molecule has 3 aromatic rings. The van der Waals surface area contributed by atoms with Gasteiger partial charge in [0.05, 0.1) is 29.5 Å². The number of fused-ring (bicyclic) bond motifs is 2. The predicted octanol–water partition coefficient (Wildman–Crippen LogP) is 2.52. The topological polar surface area (TPSA) is 71.2 Å². The summed E-state index contributed by atoms with van der Waals surface area (Å²) in [6, 6.07) is 11.6. The lowest BCUT2D eigenvalue weighted by molar-refractivity contribution is 0.0374. The third-order valence-corrected chi connectivity index (χ3v) is 6.16. The second-order valence-electron chi connectivity index (χ2n) is 7.71. The average Bonchev–Trinajstić information content (AvgIpc) is 3.31. The molecule has 2 aromatic heterocycles. The van der Waals surface area contributed by atoms with E-state index in [1.165, 1.54) is 0 Å². The smallest absolute Gasteiger partial charge is 0.253 e. The monoisotopic (exact) mass is 362 g/mol. The van der Waals surface area contributed by atoms with Crippen LogP contribution in [0.2, 0.25) is 0 Å². The number of carbonyl (C=O) groups excluding carboxylic acids is 1. The molecule has 0 bridgehead atoms. The third kappa shape index (κ3) is 2.80. The number of imidazole rings is 1. The van der Waals surface area contributed by atoms with E-state index in [-0.39, 0.29) is 11.9 Å².